The Morgan fingerprint density at radius 2 is 1.74 bits per heavy atom. The van der Waals surface area contributed by atoms with Gasteiger partial charge in [-0.1, -0.05) is 28.1 Å². The second-order valence-corrected chi connectivity index (χ2v) is 5.81. The summed E-state index contributed by atoms with van der Waals surface area (Å²) in [4.78, 5) is 5.00. The molecule has 0 aromatic heterocycles. The van der Waals surface area contributed by atoms with Crippen molar-refractivity contribution in [3.8, 4) is 0 Å². The van der Waals surface area contributed by atoms with Crippen molar-refractivity contribution in [3.63, 3.8) is 0 Å². The summed E-state index contributed by atoms with van der Waals surface area (Å²) in [5.74, 6) is 0. The molecular weight excluding hydrogens is 326 g/mol. The van der Waals surface area contributed by atoms with Crippen LogP contribution in [-0.4, -0.2) is 49.1 Å². The minimum absolute atomic E-state index is 0. The second kappa shape index (κ2) is 8.22. The van der Waals surface area contributed by atoms with E-state index in [0.717, 1.165) is 43.7 Å². The zero-order chi connectivity index (χ0) is 13.0. The van der Waals surface area contributed by atoms with Gasteiger partial charge in [0.15, 0.2) is 0 Å². The number of hydrogen-bond donors (Lipinski definition) is 1. The van der Waals surface area contributed by atoms with E-state index in [0.29, 0.717) is 6.04 Å². The van der Waals surface area contributed by atoms with Gasteiger partial charge in [-0.25, -0.2) is 0 Å². The molecule has 1 saturated heterocycles. The fourth-order valence-electron chi connectivity index (χ4n) is 2.51. The number of nitrogens with two attached hydrogens (primary N) is 1. The van der Waals surface area contributed by atoms with Gasteiger partial charge in [0.2, 0.25) is 0 Å². The van der Waals surface area contributed by atoms with Gasteiger partial charge in [-0.3, -0.25) is 9.80 Å². The Labute approximate surface area is 130 Å². The highest BCUT2D eigenvalue weighted by Gasteiger charge is 2.21. The Kier molecular flexibility index (Phi) is 7.32. The summed E-state index contributed by atoms with van der Waals surface area (Å²) in [5.41, 5.74) is 6.99. The molecule has 0 amide bonds. The summed E-state index contributed by atoms with van der Waals surface area (Å²) in [5, 5.41) is 0. The van der Waals surface area contributed by atoms with Crippen LogP contribution in [0.2, 0.25) is 0 Å². The Bertz CT molecular complexity index is 363. The van der Waals surface area contributed by atoms with Gasteiger partial charge >= 0.3 is 0 Å². The zero-order valence-corrected chi connectivity index (χ0v) is 13.8. The van der Waals surface area contributed by atoms with Crippen molar-refractivity contribution in [1.82, 2.24) is 9.80 Å². The van der Waals surface area contributed by atoms with Crippen LogP contribution in [0.5, 0.6) is 0 Å². The van der Waals surface area contributed by atoms with Gasteiger partial charge in [-0.2, -0.15) is 0 Å². The van der Waals surface area contributed by atoms with Crippen LogP contribution in [0.25, 0.3) is 0 Å². The summed E-state index contributed by atoms with van der Waals surface area (Å²) in [6, 6.07) is 9.16. The first-order chi connectivity index (χ1) is 8.70. The molecule has 1 fully saturated rings. The van der Waals surface area contributed by atoms with Gasteiger partial charge in [-0.15, -0.1) is 12.4 Å². The molecule has 0 aliphatic carbocycles. The molecule has 19 heavy (non-hydrogen) atoms. The number of piperazine rings is 1. The predicted molar refractivity (Wildman–Crippen MR) is 86.9 cm³/mol. The van der Waals surface area contributed by atoms with E-state index in [9.17, 15) is 0 Å². The van der Waals surface area contributed by atoms with Crippen molar-refractivity contribution in [2.75, 3.05) is 39.3 Å². The highest BCUT2D eigenvalue weighted by atomic mass is 79.9. The monoisotopic (exact) mass is 347 g/mol. The number of halogens is 2. The van der Waals surface area contributed by atoms with E-state index in [1.165, 1.54) is 5.56 Å². The second-order valence-electron chi connectivity index (χ2n) is 4.89. The summed E-state index contributed by atoms with van der Waals surface area (Å²) >= 11 is 3.48. The first kappa shape index (κ1) is 16.9. The van der Waals surface area contributed by atoms with Crippen LogP contribution < -0.4 is 5.73 Å². The lowest BCUT2D eigenvalue weighted by Gasteiger charge is -2.38. The van der Waals surface area contributed by atoms with Gasteiger partial charge in [0, 0.05) is 49.8 Å². The normalized spacial score (nSPS) is 18.9. The van der Waals surface area contributed by atoms with Crippen molar-refractivity contribution in [2.45, 2.75) is 13.0 Å². The van der Waals surface area contributed by atoms with Crippen LogP contribution >= 0.6 is 28.3 Å². The molecular formula is C14H23BrClN3. The van der Waals surface area contributed by atoms with E-state index < -0.39 is 0 Å². The van der Waals surface area contributed by atoms with Crippen LogP contribution in [0.4, 0.5) is 0 Å². The van der Waals surface area contributed by atoms with E-state index >= 15 is 0 Å². The highest BCUT2D eigenvalue weighted by molar-refractivity contribution is 9.10. The van der Waals surface area contributed by atoms with Gasteiger partial charge in [0.25, 0.3) is 0 Å². The standard InChI is InChI=1S/C14H22BrN3.ClH/c1-12(13-2-4-14(15)5-3-13)18-10-8-17(7-6-16)9-11-18;/h2-5,12H,6-11,16H2,1H3;1H. The van der Waals surface area contributed by atoms with Crippen LogP contribution in [-0.2, 0) is 0 Å². The topological polar surface area (TPSA) is 32.5 Å². The Morgan fingerprint density at radius 1 is 1.16 bits per heavy atom. The lowest BCUT2D eigenvalue weighted by atomic mass is 10.1. The first-order valence-electron chi connectivity index (χ1n) is 6.62. The molecule has 1 unspecified atom stereocenters. The molecule has 1 aliphatic rings. The highest BCUT2D eigenvalue weighted by Crippen LogP contribution is 2.23. The van der Waals surface area contributed by atoms with Crippen molar-refractivity contribution in [2.24, 2.45) is 5.73 Å². The first-order valence-corrected chi connectivity index (χ1v) is 7.42. The van der Waals surface area contributed by atoms with Crippen LogP contribution in [0.3, 0.4) is 0 Å². The van der Waals surface area contributed by atoms with Gasteiger partial charge < -0.3 is 5.73 Å². The maximum Gasteiger partial charge on any atom is 0.0320 e. The fourth-order valence-corrected chi connectivity index (χ4v) is 2.77. The molecule has 3 nitrogen and oxygen atoms in total. The van der Waals surface area contributed by atoms with Crippen molar-refractivity contribution < 1.29 is 0 Å². The molecule has 2 rings (SSSR count). The van der Waals surface area contributed by atoms with Crippen molar-refractivity contribution in [3.05, 3.63) is 34.3 Å². The Balaban J connectivity index is 0.00000180. The molecule has 0 spiro atoms. The lowest BCUT2D eigenvalue weighted by Crippen LogP contribution is -2.48. The van der Waals surface area contributed by atoms with Crippen molar-refractivity contribution in [1.29, 1.82) is 0 Å². The molecule has 0 saturated carbocycles. The number of benzene rings is 1. The van der Waals surface area contributed by atoms with Gasteiger partial charge in [-0.05, 0) is 24.6 Å². The van der Waals surface area contributed by atoms with E-state index in [1.54, 1.807) is 0 Å². The number of nitrogens with zero attached hydrogens (tertiary/aromatic N) is 2. The van der Waals surface area contributed by atoms with E-state index in [1.807, 2.05) is 0 Å². The minimum atomic E-state index is 0. The van der Waals surface area contributed by atoms with Crippen LogP contribution in [0.1, 0.15) is 18.5 Å². The summed E-state index contributed by atoms with van der Waals surface area (Å²) in [6.45, 7) is 8.63. The third kappa shape index (κ3) is 4.72. The molecule has 0 radical (unpaired) electrons. The van der Waals surface area contributed by atoms with Crippen molar-refractivity contribution >= 4 is 28.3 Å². The molecule has 1 aromatic rings. The summed E-state index contributed by atoms with van der Waals surface area (Å²) in [7, 11) is 0. The number of hydrogen-bond acceptors (Lipinski definition) is 3. The quantitative estimate of drug-likeness (QED) is 0.907. The largest absolute Gasteiger partial charge is 0.329 e. The molecule has 1 heterocycles. The average Bonchev–Trinajstić information content (AvgIpc) is 2.40. The molecule has 108 valence electrons. The molecule has 0 bridgehead atoms. The van der Waals surface area contributed by atoms with E-state index in [4.69, 9.17) is 5.73 Å². The van der Waals surface area contributed by atoms with Crippen LogP contribution in [0, 0.1) is 0 Å². The van der Waals surface area contributed by atoms with E-state index in [2.05, 4.69) is 56.9 Å². The minimum Gasteiger partial charge on any atom is -0.329 e. The lowest BCUT2D eigenvalue weighted by molar-refractivity contribution is 0.104. The smallest absolute Gasteiger partial charge is 0.0320 e. The summed E-state index contributed by atoms with van der Waals surface area (Å²) in [6.07, 6.45) is 0. The zero-order valence-electron chi connectivity index (χ0n) is 11.4. The molecule has 1 aliphatic heterocycles. The third-order valence-electron chi connectivity index (χ3n) is 3.75. The van der Waals surface area contributed by atoms with Crippen LogP contribution in [0.15, 0.2) is 28.7 Å². The number of rotatable bonds is 4. The third-order valence-corrected chi connectivity index (χ3v) is 4.28. The van der Waals surface area contributed by atoms with E-state index in [-0.39, 0.29) is 12.4 Å². The fraction of sp³-hybridized carbons (Fsp3) is 0.571. The maximum absolute atomic E-state index is 5.60. The molecule has 2 N–H and O–H groups in total. The Morgan fingerprint density at radius 3 is 2.26 bits per heavy atom. The molecule has 1 aromatic carbocycles. The van der Waals surface area contributed by atoms with Gasteiger partial charge in [0.05, 0.1) is 0 Å². The SMILES string of the molecule is CC(c1ccc(Br)cc1)N1CCN(CCN)CC1.Cl. The summed E-state index contributed by atoms with van der Waals surface area (Å²) < 4.78 is 1.14. The average molecular weight is 349 g/mol. The van der Waals surface area contributed by atoms with Gasteiger partial charge in [0.1, 0.15) is 0 Å². The maximum atomic E-state index is 5.60. The Hall–Kier alpha value is -0.130. The molecule has 1 atom stereocenters. The molecule has 5 heteroatoms. The predicted octanol–water partition coefficient (Wildman–Crippen LogP) is 2.51.